The van der Waals surface area contributed by atoms with Gasteiger partial charge in [0.05, 0.1) is 5.38 Å². The molecule has 3 heteroatoms. The predicted octanol–water partition coefficient (Wildman–Crippen LogP) is 5.06. The van der Waals surface area contributed by atoms with Crippen LogP contribution in [0.1, 0.15) is 74.2 Å². The summed E-state index contributed by atoms with van der Waals surface area (Å²) in [6.07, 6.45) is 5.05. The lowest BCUT2D eigenvalue weighted by atomic mass is 9.73. The molecule has 0 radical (unpaired) electrons. The van der Waals surface area contributed by atoms with Crippen molar-refractivity contribution in [3.8, 4) is 0 Å². The summed E-state index contributed by atoms with van der Waals surface area (Å²) in [4.78, 5) is 12.2. The summed E-state index contributed by atoms with van der Waals surface area (Å²) in [6.45, 7) is 10.6. The molecule has 1 aliphatic carbocycles. The zero-order chi connectivity index (χ0) is 15.1. The maximum absolute atomic E-state index is 12.2. The molecular formula is C17H26ClNO. The van der Waals surface area contributed by atoms with Gasteiger partial charge in [0.1, 0.15) is 0 Å². The topological polar surface area (TPSA) is 22.0 Å². The van der Waals surface area contributed by atoms with Crippen molar-refractivity contribution in [1.29, 1.82) is 0 Å². The second-order valence-electron chi connectivity index (χ2n) is 6.89. The predicted molar refractivity (Wildman–Crippen MR) is 84.8 cm³/mol. The number of alkyl halides is 1. The summed E-state index contributed by atoms with van der Waals surface area (Å²) in [5.74, 6) is 0.0413. The highest BCUT2D eigenvalue weighted by Gasteiger charge is 2.35. The summed E-state index contributed by atoms with van der Waals surface area (Å²) in [7, 11) is 0. The normalized spacial score (nSPS) is 23.6. The van der Waals surface area contributed by atoms with Gasteiger partial charge in [-0.3, -0.25) is 4.79 Å². The second kappa shape index (κ2) is 5.55. The number of hydrogen-bond donors (Lipinski definition) is 0. The van der Waals surface area contributed by atoms with Crippen LogP contribution in [-0.2, 0) is 0 Å². The van der Waals surface area contributed by atoms with E-state index >= 15 is 0 Å². The molecule has 0 aliphatic heterocycles. The smallest absolute Gasteiger partial charge is 0.182 e. The van der Waals surface area contributed by atoms with Crippen LogP contribution < -0.4 is 0 Å². The van der Waals surface area contributed by atoms with Crippen molar-refractivity contribution in [2.45, 2.75) is 71.7 Å². The first-order chi connectivity index (χ1) is 9.25. The fraction of sp³-hybridized carbons (Fsp3) is 0.706. The maximum atomic E-state index is 12.2. The molecule has 1 fully saturated rings. The zero-order valence-electron chi connectivity index (χ0n) is 13.3. The molecule has 112 valence electrons. The molecule has 20 heavy (non-hydrogen) atoms. The number of aromatic nitrogens is 1. The Kier molecular flexibility index (Phi) is 4.34. The van der Waals surface area contributed by atoms with E-state index < -0.39 is 5.38 Å². The molecule has 1 aromatic heterocycles. The lowest BCUT2D eigenvalue weighted by Crippen LogP contribution is -2.31. The van der Waals surface area contributed by atoms with Crippen molar-refractivity contribution in [2.24, 2.45) is 5.41 Å². The third kappa shape index (κ3) is 2.67. The van der Waals surface area contributed by atoms with Gasteiger partial charge in [-0.1, -0.05) is 26.7 Å². The van der Waals surface area contributed by atoms with Crippen LogP contribution in [0.25, 0.3) is 0 Å². The first-order valence-electron chi connectivity index (χ1n) is 7.62. The van der Waals surface area contributed by atoms with Gasteiger partial charge in [0, 0.05) is 23.0 Å². The summed E-state index contributed by atoms with van der Waals surface area (Å²) >= 11 is 5.98. The van der Waals surface area contributed by atoms with Crippen LogP contribution >= 0.6 is 11.6 Å². The first-order valence-corrected chi connectivity index (χ1v) is 8.06. The van der Waals surface area contributed by atoms with Gasteiger partial charge in [0.25, 0.3) is 0 Å². The monoisotopic (exact) mass is 295 g/mol. The highest BCUT2D eigenvalue weighted by molar-refractivity contribution is 6.33. The number of Topliss-reactive ketones (excluding diaryl/α,β-unsaturated/α-hetero) is 1. The molecule has 1 saturated carbocycles. The van der Waals surface area contributed by atoms with E-state index in [2.05, 4.69) is 32.3 Å². The number of rotatable bonds is 3. The van der Waals surface area contributed by atoms with Crippen molar-refractivity contribution >= 4 is 17.4 Å². The Hall–Kier alpha value is -0.760. The van der Waals surface area contributed by atoms with Crippen LogP contribution in [0.2, 0.25) is 0 Å². The van der Waals surface area contributed by atoms with E-state index in [1.807, 2.05) is 6.07 Å². The van der Waals surface area contributed by atoms with Gasteiger partial charge < -0.3 is 4.57 Å². The minimum absolute atomic E-state index is 0.0413. The van der Waals surface area contributed by atoms with Crippen molar-refractivity contribution in [3.63, 3.8) is 0 Å². The van der Waals surface area contributed by atoms with Crippen LogP contribution in [0, 0.1) is 19.3 Å². The van der Waals surface area contributed by atoms with E-state index in [0.717, 1.165) is 11.3 Å². The molecule has 1 aromatic rings. The fourth-order valence-electron chi connectivity index (χ4n) is 3.67. The number of ketones is 1. The lowest BCUT2D eigenvalue weighted by Gasteiger charge is -2.41. The van der Waals surface area contributed by atoms with E-state index in [-0.39, 0.29) is 5.78 Å². The molecular weight excluding hydrogens is 270 g/mol. The van der Waals surface area contributed by atoms with E-state index in [1.54, 1.807) is 6.92 Å². The van der Waals surface area contributed by atoms with E-state index in [1.165, 1.54) is 31.4 Å². The molecule has 0 bridgehead atoms. The maximum Gasteiger partial charge on any atom is 0.182 e. The Balaban J connectivity index is 2.45. The second-order valence-corrected chi connectivity index (χ2v) is 7.54. The molecule has 0 N–H and O–H groups in total. The molecule has 2 unspecified atom stereocenters. The van der Waals surface area contributed by atoms with Gasteiger partial charge in [-0.05, 0) is 45.1 Å². The van der Waals surface area contributed by atoms with E-state index in [9.17, 15) is 4.79 Å². The first kappa shape index (κ1) is 15.6. The van der Waals surface area contributed by atoms with Crippen LogP contribution in [0.3, 0.4) is 0 Å². The molecule has 2 atom stereocenters. The molecule has 2 rings (SSSR count). The van der Waals surface area contributed by atoms with Crippen LogP contribution in [0.15, 0.2) is 6.07 Å². The van der Waals surface area contributed by atoms with Gasteiger partial charge in [0.15, 0.2) is 5.78 Å². The third-order valence-corrected chi connectivity index (χ3v) is 5.07. The minimum atomic E-state index is -0.455. The zero-order valence-corrected chi connectivity index (χ0v) is 14.0. The Morgan fingerprint density at radius 2 is 2.05 bits per heavy atom. The SMILES string of the molecule is Cc1cc(C(=O)C(C)Cl)c(C)n1C1CCCCC1(C)C. The standard InChI is InChI=1S/C17H26ClNO/c1-11-10-14(16(20)12(2)18)13(3)19(11)15-8-6-7-9-17(15,4)5/h10,12,15H,6-9H2,1-5H3. The van der Waals surface area contributed by atoms with Crippen molar-refractivity contribution in [1.82, 2.24) is 4.57 Å². The number of aryl methyl sites for hydroxylation is 1. The molecule has 1 aliphatic rings. The van der Waals surface area contributed by atoms with Crippen molar-refractivity contribution in [2.75, 3.05) is 0 Å². The average molecular weight is 296 g/mol. The number of hydrogen-bond acceptors (Lipinski definition) is 1. The summed E-state index contributed by atoms with van der Waals surface area (Å²) in [5, 5.41) is -0.455. The molecule has 0 aromatic carbocycles. The van der Waals surface area contributed by atoms with Gasteiger partial charge in [-0.25, -0.2) is 0 Å². The Morgan fingerprint density at radius 3 is 2.60 bits per heavy atom. The van der Waals surface area contributed by atoms with Crippen LogP contribution in [0.5, 0.6) is 0 Å². The quantitative estimate of drug-likeness (QED) is 0.564. The summed E-state index contributed by atoms with van der Waals surface area (Å²) in [6, 6.07) is 2.50. The Bertz CT molecular complexity index is 513. The summed E-state index contributed by atoms with van der Waals surface area (Å²) < 4.78 is 2.38. The van der Waals surface area contributed by atoms with Crippen molar-refractivity contribution in [3.05, 3.63) is 23.0 Å². The number of nitrogens with zero attached hydrogens (tertiary/aromatic N) is 1. The summed E-state index contributed by atoms with van der Waals surface area (Å²) in [5.41, 5.74) is 3.36. The minimum Gasteiger partial charge on any atom is -0.345 e. The van der Waals surface area contributed by atoms with Gasteiger partial charge in [-0.15, -0.1) is 11.6 Å². The number of halogens is 1. The Morgan fingerprint density at radius 1 is 1.40 bits per heavy atom. The van der Waals surface area contributed by atoms with Gasteiger partial charge in [0.2, 0.25) is 0 Å². The largest absolute Gasteiger partial charge is 0.345 e. The third-order valence-electron chi connectivity index (χ3n) is 4.87. The number of carbonyl (C=O) groups excluding carboxylic acids is 1. The van der Waals surface area contributed by atoms with Crippen LogP contribution in [-0.4, -0.2) is 15.7 Å². The van der Waals surface area contributed by atoms with Crippen LogP contribution in [0.4, 0.5) is 0 Å². The average Bonchev–Trinajstić information content (AvgIpc) is 2.64. The molecule has 2 nitrogen and oxygen atoms in total. The van der Waals surface area contributed by atoms with Gasteiger partial charge in [-0.2, -0.15) is 0 Å². The molecule has 0 spiro atoms. The highest BCUT2D eigenvalue weighted by Crippen LogP contribution is 2.45. The molecule has 1 heterocycles. The fourth-order valence-corrected chi connectivity index (χ4v) is 3.79. The van der Waals surface area contributed by atoms with Crippen molar-refractivity contribution < 1.29 is 4.79 Å². The van der Waals surface area contributed by atoms with Gasteiger partial charge >= 0.3 is 0 Å². The lowest BCUT2D eigenvalue weighted by molar-refractivity contribution is 0.0989. The molecule has 0 saturated heterocycles. The highest BCUT2D eigenvalue weighted by atomic mass is 35.5. The number of carbonyl (C=O) groups is 1. The van der Waals surface area contributed by atoms with E-state index in [4.69, 9.17) is 11.6 Å². The Labute approximate surface area is 127 Å². The molecule has 0 amide bonds. The van der Waals surface area contributed by atoms with E-state index in [0.29, 0.717) is 11.5 Å².